The second-order valence-corrected chi connectivity index (χ2v) is 7.38. The van der Waals surface area contributed by atoms with Crippen molar-refractivity contribution in [2.45, 2.75) is 32.6 Å². The van der Waals surface area contributed by atoms with Crippen LogP contribution in [0.15, 0.2) is 36.4 Å². The maximum absolute atomic E-state index is 12.2. The largest absolute Gasteiger partial charge is 0.297 e. The van der Waals surface area contributed by atoms with Crippen molar-refractivity contribution in [1.82, 2.24) is 20.0 Å². The van der Waals surface area contributed by atoms with E-state index in [-0.39, 0.29) is 5.91 Å². The molecule has 0 bridgehead atoms. The standard InChI is InChI=1S/C19H19N5OS/c1-12-16(13(2)24(23-12)15-6-4-3-5-7-15)10-11-17(25)20-19-22-21-18(26-19)14-8-9-14/h3-7,10-11,14H,8-9H2,1-2H3,(H,20,22,25). The van der Waals surface area contributed by atoms with Crippen molar-refractivity contribution in [1.29, 1.82) is 0 Å². The van der Waals surface area contributed by atoms with E-state index in [1.807, 2.05) is 48.9 Å². The average Bonchev–Trinajstić information content (AvgIpc) is 3.33. The van der Waals surface area contributed by atoms with Crippen molar-refractivity contribution in [2.75, 3.05) is 5.32 Å². The molecule has 2 aromatic heterocycles. The van der Waals surface area contributed by atoms with Crippen LogP contribution in [0.25, 0.3) is 11.8 Å². The zero-order valence-corrected chi connectivity index (χ0v) is 15.5. The fourth-order valence-electron chi connectivity index (χ4n) is 2.80. The number of para-hydroxylation sites is 1. The summed E-state index contributed by atoms with van der Waals surface area (Å²) in [4.78, 5) is 12.2. The molecule has 0 unspecified atom stereocenters. The molecule has 4 rings (SSSR count). The predicted molar refractivity (Wildman–Crippen MR) is 103 cm³/mol. The number of anilines is 1. The van der Waals surface area contributed by atoms with E-state index in [9.17, 15) is 4.79 Å². The first-order valence-electron chi connectivity index (χ1n) is 8.56. The molecule has 1 amide bonds. The van der Waals surface area contributed by atoms with Gasteiger partial charge >= 0.3 is 0 Å². The van der Waals surface area contributed by atoms with Crippen LogP contribution in [0.2, 0.25) is 0 Å². The maximum Gasteiger partial charge on any atom is 0.250 e. The minimum atomic E-state index is -0.213. The summed E-state index contributed by atoms with van der Waals surface area (Å²) in [6.07, 6.45) is 5.67. The summed E-state index contributed by atoms with van der Waals surface area (Å²) in [6.45, 7) is 3.94. The van der Waals surface area contributed by atoms with Gasteiger partial charge in [0.05, 0.1) is 11.4 Å². The van der Waals surface area contributed by atoms with Gasteiger partial charge in [-0.15, -0.1) is 10.2 Å². The Morgan fingerprint density at radius 3 is 2.73 bits per heavy atom. The summed E-state index contributed by atoms with van der Waals surface area (Å²) in [7, 11) is 0. The van der Waals surface area contributed by atoms with Crippen LogP contribution in [-0.4, -0.2) is 25.9 Å². The average molecular weight is 365 g/mol. The van der Waals surface area contributed by atoms with Crippen molar-refractivity contribution in [3.05, 3.63) is 58.4 Å². The van der Waals surface area contributed by atoms with Gasteiger partial charge < -0.3 is 0 Å². The van der Waals surface area contributed by atoms with Crippen LogP contribution in [0.5, 0.6) is 0 Å². The number of aromatic nitrogens is 4. The SMILES string of the molecule is Cc1nn(-c2ccccc2)c(C)c1C=CC(=O)Nc1nnc(C2CC2)s1. The summed E-state index contributed by atoms with van der Waals surface area (Å²) >= 11 is 1.46. The molecule has 0 saturated heterocycles. The smallest absolute Gasteiger partial charge is 0.250 e. The highest BCUT2D eigenvalue weighted by molar-refractivity contribution is 7.15. The van der Waals surface area contributed by atoms with Crippen LogP contribution in [0.1, 0.15) is 40.7 Å². The zero-order valence-electron chi connectivity index (χ0n) is 14.6. The third-order valence-corrected chi connectivity index (χ3v) is 5.35. The summed E-state index contributed by atoms with van der Waals surface area (Å²) in [6, 6.07) is 9.95. The van der Waals surface area contributed by atoms with Crippen LogP contribution < -0.4 is 5.32 Å². The first-order chi connectivity index (χ1) is 12.6. The van der Waals surface area contributed by atoms with Gasteiger partial charge in [-0.3, -0.25) is 10.1 Å². The third kappa shape index (κ3) is 3.43. The van der Waals surface area contributed by atoms with E-state index in [0.29, 0.717) is 11.0 Å². The Morgan fingerprint density at radius 1 is 1.23 bits per heavy atom. The molecule has 2 heterocycles. The molecule has 1 fully saturated rings. The molecule has 0 spiro atoms. The molecule has 3 aromatic rings. The van der Waals surface area contributed by atoms with Gasteiger partial charge in [-0.1, -0.05) is 29.5 Å². The molecule has 7 heteroatoms. The van der Waals surface area contributed by atoms with Crippen molar-refractivity contribution >= 4 is 28.5 Å². The lowest BCUT2D eigenvalue weighted by atomic mass is 10.2. The molecule has 0 atom stereocenters. The van der Waals surface area contributed by atoms with Crippen LogP contribution in [0, 0.1) is 13.8 Å². The number of benzene rings is 1. The quantitative estimate of drug-likeness (QED) is 0.697. The summed E-state index contributed by atoms with van der Waals surface area (Å²) in [5.41, 5.74) is 3.81. The number of carbonyl (C=O) groups excluding carboxylic acids is 1. The van der Waals surface area contributed by atoms with E-state index in [1.165, 1.54) is 30.3 Å². The molecule has 1 aliphatic rings. The minimum Gasteiger partial charge on any atom is -0.297 e. The monoisotopic (exact) mass is 365 g/mol. The lowest BCUT2D eigenvalue weighted by Gasteiger charge is -2.03. The van der Waals surface area contributed by atoms with Gasteiger partial charge in [0, 0.05) is 23.3 Å². The summed E-state index contributed by atoms with van der Waals surface area (Å²) in [5, 5.41) is 17.1. The highest BCUT2D eigenvalue weighted by Crippen LogP contribution is 2.42. The predicted octanol–water partition coefficient (Wildman–Crippen LogP) is 3.87. The van der Waals surface area contributed by atoms with E-state index in [2.05, 4.69) is 20.6 Å². The van der Waals surface area contributed by atoms with Gasteiger partial charge in [0.15, 0.2) is 0 Å². The highest BCUT2D eigenvalue weighted by Gasteiger charge is 2.27. The number of rotatable bonds is 5. The second-order valence-electron chi connectivity index (χ2n) is 6.37. The van der Waals surface area contributed by atoms with Crippen LogP contribution in [-0.2, 0) is 4.79 Å². The van der Waals surface area contributed by atoms with Crippen LogP contribution >= 0.6 is 11.3 Å². The van der Waals surface area contributed by atoms with Gasteiger partial charge in [-0.05, 0) is 44.9 Å². The first kappa shape index (κ1) is 16.7. The van der Waals surface area contributed by atoms with Crippen LogP contribution in [0.4, 0.5) is 5.13 Å². The van der Waals surface area contributed by atoms with E-state index in [4.69, 9.17) is 0 Å². The number of carbonyl (C=O) groups is 1. The molecule has 1 saturated carbocycles. The van der Waals surface area contributed by atoms with E-state index in [0.717, 1.165) is 27.6 Å². The van der Waals surface area contributed by atoms with Gasteiger partial charge in [0.2, 0.25) is 11.0 Å². The van der Waals surface area contributed by atoms with Gasteiger partial charge in [0.25, 0.3) is 0 Å². The fourth-order valence-corrected chi connectivity index (χ4v) is 3.72. The van der Waals surface area contributed by atoms with Crippen LogP contribution in [0.3, 0.4) is 0 Å². The second kappa shape index (κ2) is 6.84. The van der Waals surface area contributed by atoms with Crippen molar-refractivity contribution in [2.24, 2.45) is 0 Å². The normalized spacial score (nSPS) is 14.1. The highest BCUT2D eigenvalue weighted by atomic mass is 32.1. The van der Waals surface area contributed by atoms with Gasteiger partial charge in [0.1, 0.15) is 5.01 Å². The summed E-state index contributed by atoms with van der Waals surface area (Å²) < 4.78 is 1.89. The molecule has 1 aliphatic carbocycles. The zero-order chi connectivity index (χ0) is 18.1. The van der Waals surface area contributed by atoms with Gasteiger partial charge in [-0.2, -0.15) is 5.10 Å². The number of nitrogens with one attached hydrogen (secondary N) is 1. The topological polar surface area (TPSA) is 72.7 Å². The number of aryl methyl sites for hydroxylation is 1. The van der Waals surface area contributed by atoms with Crippen molar-refractivity contribution in [3.63, 3.8) is 0 Å². The van der Waals surface area contributed by atoms with E-state index < -0.39 is 0 Å². The molecule has 1 aromatic carbocycles. The Labute approximate surface area is 155 Å². The maximum atomic E-state index is 12.2. The summed E-state index contributed by atoms with van der Waals surface area (Å²) in [5.74, 6) is 0.331. The molecule has 6 nitrogen and oxygen atoms in total. The number of nitrogens with zero attached hydrogens (tertiary/aromatic N) is 4. The number of hydrogen-bond donors (Lipinski definition) is 1. The molecule has 0 radical (unpaired) electrons. The van der Waals surface area contributed by atoms with Gasteiger partial charge in [-0.25, -0.2) is 4.68 Å². The molecule has 1 N–H and O–H groups in total. The van der Waals surface area contributed by atoms with Crippen molar-refractivity contribution in [3.8, 4) is 5.69 Å². The lowest BCUT2D eigenvalue weighted by Crippen LogP contribution is -2.07. The number of amides is 1. The fraction of sp³-hybridized carbons (Fsp3) is 0.263. The van der Waals surface area contributed by atoms with E-state index >= 15 is 0 Å². The molecule has 132 valence electrons. The Kier molecular flexibility index (Phi) is 4.38. The van der Waals surface area contributed by atoms with E-state index in [1.54, 1.807) is 6.08 Å². The van der Waals surface area contributed by atoms with Crippen molar-refractivity contribution < 1.29 is 4.79 Å². The Bertz CT molecular complexity index is 969. The third-order valence-electron chi connectivity index (χ3n) is 4.35. The Morgan fingerprint density at radius 2 is 2.00 bits per heavy atom. The lowest BCUT2D eigenvalue weighted by molar-refractivity contribution is -0.111. The number of hydrogen-bond acceptors (Lipinski definition) is 5. The minimum absolute atomic E-state index is 0.213. The molecular formula is C19H19N5OS. The Balaban J connectivity index is 1.49. The molecule has 0 aliphatic heterocycles. The molecular weight excluding hydrogens is 346 g/mol. The Hall–Kier alpha value is -2.80. The first-order valence-corrected chi connectivity index (χ1v) is 9.37. The molecule has 26 heavy (non-hydrogen) atoms.